The molecule has 2 amide bonds. The standard InChI is InChI=1S/C31H32N4O5/c1-21-28(32-31(38)39-22(2)24-15-8-5-9-16-24)29(35(3)33-21)25-17-11-18-26(20-25)30(37)34-40-27(36)19-10-14-23-12-6-4-7-13-23/h4-9,11-13,15-18,20,22H,10,14,19H2,1-3H3,(H,32,38)(H,34,37)/t22-/m1/s1. The van der Waals surface area contributed by atoms with E-state index in [0.717, 1.165) is 17.5 Å². The summed E-state index contributed by atoms with van der Waals surface area (Å²) in [6.07, 6.45) is 0.454. The zero-order valence-corrected chi connectivity index (χ0v) is 22.7. The summed E-state index contributed by atoms with van der Waals surface area (Å²) in [6.45, 7) is 3.57. The van der Waals surface area contributed by atoms with Gasteiger partial charge in [-0.25, -0.2) is 9.59 Å². The van der Waals surface area contributed by atoms with Crippen LogP contribution in [0.2, 0.25) is 0 Å². The number of hydroxylamine groups is 1. The Morgan fingerprint density at radius 1 is 0.950 bits per heavy atom. The van der Waals surface area contributed by atoms with Gasteiger partial charge in [0.1, 0.15) is 6.10 Å². The molecule has 0 aliphatic rings. The maximum absolute atomic E-state index is 12.7. The third-order valence-electron chi connectivity index (χ3n) is 6.35. The highest BCUT2D eigenvalue weighted by Crippen LogP contribution is 2.31. The summed E-state index contributed by atoms with van der Waals surface area (Å²) in [5.74, 6) is -1.08. The number of rotatable bonds is 9. The lowest BCUT2D eigenvalue weighted by molar-refractivity contribution is -0.149. The van der Waals surface area contributed by atoms with E-state index in [0.29, 0.717) is 29.1 Å². The second-order valence-corrected chi connectivity index (χ2v) is 9.34. The molecule has 0 unspecified atom stereocenters. The minimum absolute atomic E-state index is 0.178. The lowest BCUT2D eigenvalue weighted by Crippen LogP contribution is -2.27. The predicted molar refractivity (Wildman–Crippen MR) is 151 cm³/mol. The van der Waals surface area contributed by atoms with Gasteiger partial charge in [-0.15, -0.1) is 0 Å². The highest BCUT2D eigenvalue weighted by Gasteiger charge is 2.21. The highest BCUT2D eigenvalue weighted by atomic mass is 16.7. The Morgan fingerprint density at radius 3 is 2.38 bits per heavy atom. The summed E-state index contributed by atoms with van der Waals surface area (Å²) in [5.41, 5.74) is 6.79. The van der Waals surface area contributed by atoms with Crippen LogP contribution in [-0.2, 0) is 27.8 Å². The van der Waals surface area contributed by atoms with E-state index in [2.05, 4.69) is 15.9 Å². The van der Waals surface area contributed by atoms with Crippen LogP contribution in [-0.4, -0.2) is 27.8 Å². The molecule has 0 bridgehead atoms. The molecule has 0 saturated heterocycles. The fourth-order valence-electron chi connectivity index (χ4n) is 4.33. The number of nitrogens with one attached hydrogen (secondary N) is 2. The van der Waals surface area contributed by atoms with Crippen LogP contribution >= 0.6 is 0 Å². The summed E-state index contributed by atoms with van der Waals surface area (Å²) in [4.78, 5) is 42.6. The van der Waals surface area contributed by atoms with Gasteiger partial charge in [-0.3, -0.25) is 14.8 Å². The van der Waals surface area contributed by atoms with Gasteiger partial charge in [-0.1, -0.05) is 72.8 Å². The van der Waals surface area contributed by atoms with Crippen molar-refractivity contribution in [3.63, 3.8) is 0 Å². The highest BCUT2D eigenvalue weighted by molar-refractivity contribution is 5.97. The summed E-state index contributed by atoms with van der Waals surface area (Å²) < 4.78 is 7.19. The number of amides is 2. The smallest absolute Gasteiger partial charge is 0.412 e. The molecule has 1 aromatic heterocycles. The Balaban J connectivity index is 1.38. The van der Waals surface area contributed by atoms with Crippen LogP contribution in [0.15, 0.2) is 84.9 Å². The van der Waals surface area contributed by atoms with Gasteiger partial charge < -0.3 is 9.57 Å². The Kier molecular flexibility index (Phi) is 9.30. The molecule has 9 nitrogen and oxygen atoms in total. The van der Waals surface area contributed by atoms with E-state index >= 15 is 0 Å². The summed E-state index contributed by atoms with van der Waals surface area (Å²) in [7, 11) is 1.75. The first-order valence-corrected chi connectivity index (χ1v) is 13.0. The van der Waals surface area contributed by atoms with E-state index in [1.165, 1.54) is 0 Å². The van der Waals surface area contributed by atoms with E-state index in [1.807, 2.05) is 60.7 Å². The molecule has 0 saturated carbocycles. The van der Waals surface area contributed by atoms with Crippen molar-refractivity contribution >= 4 is 23.7 Å². The first kappa shape index (κ1) is 28.1. The predicted octanol–water partition coefficient (Wildman–Crippen LogP) is 5.92. The second-order valence-electron chi connectivity index (χ2n) is 9.34. The number of aryl methyl sites for hydroxylation is 3. The number of ether oxygens (including phenoxy) is 1. The lowest BCUT2D eigenvalue weighted by atomic mass is 10.1. The molecule has 3 aromatic carbocycles. The van der Waals surface area contributed by atoms with Gasteiger partial charge >= 0.3 is 12.1 Å². The number of aromatic nitrogens is 2. The van der Waals surface area contributed by atoms with Crippen LogP contribution in [0.1, 0.15) is 53.0 Å². The molecule has 0 fully saturated rings. The number of benzene rings is 3. The number of carbonyl (C=O) groups is 3. The molecule has 2 N–H and O–H groups in total. The molecular formula is C31H32N4O5. The van der Waals surface area contributed by atoms with Crippen LogP contribution in [0.5, 0.6) is 0 Å². The van der Waals surface area contributed by atoms with Gasteiger partial charge in [0.05, 0.1) is 17.1 Å². The van der Waals surface area contributed by atoms with E-state index in [1.54, 1.807) is 49.8 Å². The molecule has 9 heteroatoms. The van der Waals surface area contributed by atoms with E-state index < -0.39 is 24.1 Å². The first-order chi connectivity index (χ1) is 19.3. The third kappa shape index (κ3) is 7.35. The molecule has 40 heavy (non-hydrogen) atoms. The van der Waals surface area contributed by atoms with Gasteiger partial charge in [0.25, 0.3) is 5.91 Å². The molecule has 0 spiro atoms. The first-order valence-electron chi connectivity index (χ1n) is 13.0. The average molecular weight is 541 g/mol. The maximum atomic E-state index is 12.7. The van der Waals surface area contributed by atoms with Crippen molar-refractivity contribution < 1.29 is 24.0 Å². The monoisotopic (exact) mass is 540 g/mol. The van der Waals surface area contributed by atoms with Gasteiger partial charge in [0.15, 0.2) is 0 Å². The molecule has 4 rings (SSSR count). The SMILES string of the molecule is Cc1nn(C)c(-c2cccc(C(=O)NOC(=O)CCCc3ccccc3)c2)c1NC(=O)O[C@H](C)c1ccccc1. The molecule has 1 atom stereocenters. The molecule has 0 aliphatic carbocycles. The number of nitrogens with zero attached hydrogens (tertiary/aromatic N) is 2. The fraction of sp³-hybridized carbons (Fsp3) is 0.226. The maximum Gasteiger partial charge on any atom is 0.412 e. The lowest BCUT2D eigenvalue weighted by Gasteiger charge is -2.15. The van der Waals surface area contributed by atoms with Gasteiger partial charge in [0, 0.05) is 24.6 Å². The van der Waals surface area contributed by atoms with E-state index in [-0.39, 0.29) is 12.0 Å². The Hall–Kier alpha value is -4.92. The molecule has 206 valence electrons. The van der Waals surface area contributed by atoms with Crippen molar-refractivity contribution in [2.24, 2.45) is 7.05 Å². The van der Waals surface area contributed by atoms with Crippen LogP contribution in [0.25, 0.3) is 11.3 Å². The minimum Gasteiger partial charge on any atom is -0.441 e. The Morgan fingerprint density at radius 2 is 1.65 bits per heavy atom. The Labute approximate surface area is 233 Å². The number of carbonyl (C=O) groups excluding carboxylic acids is 3. The van der Waals surface area contributed by atoms with Crippen LogP contribution in [0.3, 0.4) is 0 Å². The van der Waals surface area contributed by atoms with Crippen molar-refractivity contribution in [1.29, 1.82) is 0 Å². The zero-order chi connectivity index (χ0) is 28.5. The van der Waals surface area contributed by atoms with Crippen LogP contribution < -0.4 is 10.8 Å². The van der Waals surface area contributed by atoms with E-state index in [4.69, 9.17) is 9.57 Å². The van der Waals surface area contributed by atoms with Gasteiger partial charge in [0.2, 0.25) is 0 Å². The average Bonchev–Trinajstić information content (AvgIpc) is 3.24. The van der Waals surface area contributed by atoms with Crippen molar-refractivity contribution in [3.8, 4) is 11.3 Å². The van der Waals surface area contributed by atoms with Crippen molar-refractivity contribution in [2.75, 3.05) is 5.32 Å². The topological polar surface area (TPSA) is 112 Å². The largest absolute Gasteiger partial charge is 0.441 e. The molecule has 0 aliphatic heterocycles. The van der Waals surface area contributed by atoms with Crippen LogP contribution in [0.4, 0.5) is 10.5 Å². The van der Waals surface area contributed by atoms with Crippen molar-refractivity contribution in [2.45, 2.75) is 39.2 Å². The van der Waals surface area contributed by atoms with Gasteiger partial charge in [-0.05, 0) is 49.9 Å². The second kappa shape index (κ2) is 13.2. The third-order valence-corrected chi connectivity index (χ3v) is 6.35. The number of anilines is 1. The van der Waals surface area contributed by atoms with Crippen molar-refractivity contribution in [1.82, 2.24) is 15.3 Å². The van der Waals surface area contributed by atoms with Crippen molar-refractivity contribution in [3.05, 3.63) is 107 Å². The number of hydrogen-bond acceptors (Lipinski definition) is 6. The normalized spacial score (nSPS) is 11.4. The summed E-state index contributed by atoms with van der Waals surface area (Å²) in [5, 5.41) is 7.24. The summed E-state index contributed by atoms with van der Waals surface area (Å²) in [6, 6.07) is 26.0. The molecule has 4 aromatic rings. The summed E-state index contributed by atoms with van der Waals surface area (Å²) >= 11 is 0. The molecule has 1 heterocycles. The molecular weight excluding hydrogens is 508 g/mol. The van der Waals surface area contributed by atoms with E-state index in [9.17, 15) is 14.4 Å². The quantitative estimate of drug-likeness (QED) is 0.255. The molecule has 0 radical (unpaired) electrons. The van der Waals surface area contributed by atoms with Crippen LogP contribution in [0, 0.1) is 6.92 Å². The number of hydrogen-bond donors (Lipinski definition) is 2. The minimum atomic E-state index is -0.623. The van der Waals surface area contributed by atoms with Gasteiger partial charge in [-0.2, -0.15) is 10.6 Å². The fourth-order valence-corrected chi connectivity index (χ4v) is 4.33. The Bertz CT molecular complexity index is 1470. The zero-order valence-electron chi connectivity index (χ0n) is 22.7.